The third kappa shape index (κ3) is 10.1. The lowest BCUT2D eigenvalue weighted by atomic mass is 9.90. The van der Waals surface area contributed by atoms with Gasteiger partial charge in [-0.2, -0.15) is 0 Å². The summed E-state index contributed by atoms with van der Waals surface area (Å²) in [6.45, 7) is 2.43. The van der Waals surface area contributed by atoms with Crippen molar-refractivity contribution in [3.05, 3.63) is 171 Å². The van der Waals surface area contributed by atoms with Gasteiger partial charge in [0.25, 0.3) is 5.56 Å². The van der Waals surface area contributed by atoms with Gasteiger partial charge in [-0.1, -0.05) is 114 Å². The molecule has 0 unspecified atom stereocenters. The Balaban J connectivity index is 1.35. The molecule has 0 bridgehead atoms. The minimum absolute atomic E-state index is 0.0415. The van der Waals surface area contributed by atoms with Crippen LogP contribution in [0.2, 0.25) is 0 Å². The first-order valence-corrected chi connectivity index (χ1v) is 17.7. The standard InChI is InChI=1S/C41H41N3O8S/c1-30-25-44(39(46)43-37(30)45)38-35(51-40(53)50-34-21-12-5-13-22-34)36(48-27-32-17-8-3-9-18-32)41(52-38,29-47-26-31-15-6-2-7-16-31)23-14-24-42-49-28-33-19-10-4-11-20-33/h2-13,15-22,24-25,35-36,38H,14,23,26-29H2,1H3,(H,43,45,46)/b42-24-/t35-,36+,38-,41-/m1/s1. The molecule has 1 aliphatic heterocycles. The molecule has 0 amide bonds. The summed E-state index contributed by atoms with van der Waals surface area (Å²) in [4.78, 5) is 33.9. The summed E-state index contributed by atoms with van der Waals surface area (Å²) in [5.41, 5.74) is 0.742. The lowest BCUT2D eigenvalue weighted by Crippen LogP contribution is -2.49. The van der Waals surface area contributed by atoms with E-state index in [9.17, 15) is 9.59 Å². The quantitative estimate of drug-likeness (QED) is 0.0675. The number of aromatic nitrogens is 2. The SMILES string of the molecule is Cc1cn([C@@H]2O[C@](CC/C=N\OCc3ccccc3)(COCc3ccccc3)[C@@H](OCc3ccccc3)[C@H]2OC(=S)Oc2ccccc2)c(=O)[nH]c1=O. The van der Waals surface area contributed by atoms with E-state index in [0.29, 0.717) is 30.8 Å². The van der Waals surface area contributed by atoms with Crippen molar-refractivity contribution in [2.45, 2.75) is 63.6 Å². The van der Waals surface area contributed by atoms with Crippen LogP contribution in [-0.2, 0) is 43.6 Å². The summed E-state index contributed by atoms with van der Waals surface area (Å²) in [5.74, 6) is 0.468. The van der Waals surface area contributed by atoms with Crippen LogP contribution in [0.15, 0.2) is 142 Å². The monoisotopic (exact) mass is 735 g/mol. The molecule has 1 N–H and O–H groups in total. The fourth-order valence-corrected chi connectivity index (χ4v) is 6.27. The number of rotatable bonds is 16. The van der Waals surface area contributed by atoms with Gasteiger partial charge in [-0.25, -0.2) is 4.79 Å². The molecule has 1 aromatic heterocycles. The fraction of sp³-hybridized carbons (Fsp3) is 0.268. The van der Waals surface area contributed by atoms with Gasteiger partial charge in [0.15, 0.2) is 12.3 Å². The van der Waals surface area contributed by atoms with Gasteiger partial charge >= 0.3 is 10.9 Å². The summed E-state index contributed by atoms with van der Waals surface area (Å²) in [6, 6.07) is 38.2. The third-order valence-electron chi connectivity index (χ3n) is 8.70. The van der Waals surface area contributed by atoms with Gasteiger partial charge in [0.1, 0.15) is 24.1 Å². The number of hydrogen-bond acceptors (Lipinski definition) is 10. The maximum atomic E-state index is 13.4. The molecule has 1 aliphatic rings. The van der Waals surface area contributed by atoms with E-state index in [-0.39, 0.29) is 25.1 Å². The normalized spacial score (nSPS) is 19.6. The number of aromatic amines is 1. The lowest BCUT2D eigenvalue weighted by Gasteiger charge is -2.34. The smallest absolute Gasteiger partial charge is 0.358 e. The van der Waals surface area contributed by atoms with Crippen LogP contribution < -0.4 is 16.0 Å². The molecule has 0 spiro atoms. The van der Waals surface area contributed by atoms with Crippen LogP contribution in [0.4, 0.5) is 0 Å². The second kappa shape index (κ2) is 18.4. The molecule has 5 aromatic rings. The van der Waals surface area contributed by atoms with E-state index in [0.717, 1.165) is 16.7 Å². The van der Waals surface area contributed by atoms with Crippen molar-refractivity contribution in [1.29, 1.82) is 0 Å². The number of aryl methyl sites for hydroxylation is 1. The number of thiocarbonyl (C=S) groups is 1. The molecule has 12 heteroatoms. The number of para-hydroxylation sites is 1. The molecular formula is C41H41N3O8S. The number of hydrogen-bond donors (Lipinski definition) is 1. The highest BCUT2D eigenvalue weighted by atomic mass is 32.1. The van der Waals surface area contributed by atoms with Crippen molar-refractivity contribution in [3.8, 4) is 5.75 Å². The van der Waals surface area contributed by atoms with Gasteiger partial charge in [-0.05, 0) is 48.6 Å². The molecule has 4 aromatic carbocycles. The van der Waals surface area contributed by atoms with E-state index in [1.165, 1.54) is 10.8 Å². The number of ether oxygens (including phenoxy) is 5. The van der Waals surface area contributed by atoms with Crippen LogP contribution in [0.3, 0.4) is 0 Å². The molecule has 2 heterocycles. The zero-order valence-electron chi connectivity index (χ0n) is 29.2. The van der Waals surface area contributed by atoms with Crippen molar-refractivity contribution in [2.24, 2.45) is 5.16 Å². The Hall–Kier alpha value is -5.40. The largest absolute Gasteiger partial charge is 0.446 e. The molecule has 274 valence electrons. The van der Waals surface area contributed by atoms with Crippen LogP contribution in [0, 0.1) is 6.92 Å². The van der Waals surface area contributed by atoms with Crippen molar-refractivity contribution in [3.63, 3.8) is 0 Å². The maximum Gasteiger partial charge on any atom is 0.358 e. The molecule has 11 nitrogen and oxygen atoms in total. The van der Waals surface area contributed by atoms with E-state index >= 15 is 0 Å². The van der Waals surface area contributed by atoms with Gasteiger partial charge in [-0.15, -0.1) is 0 Å². The molecule has 1 fully saturated rings. The van der Waals surface area contributed by atoms with Crippen molar-refractivity contribution in [1.82, 2.24) is 9.55 Å². The fourth-order valence-electron chi connectivity index (χ4n) is 6.07. The number of nitrogens with one attached hydrogen (secondary N) is 1. The Kier molecular flexibility index (Phi) is 13.0. The molecule has 6 rings (SSSR count). The van der Waals surface area contributed by atoms with E-state index in [1.54, 1.807) is 25.3 Å². The van der Waals surface area contributed by atoms with Crippen LogP contribution in [0.5, 0.6) is 5.75 Å². The Morgan fingerprint density at radius 2 is 1.43 bits per heavy atom. The van der Waals surface area contributed by atoms with Gasteiger partial charge in [0, 0.05) is 30.2 Å². The zero-order chi connectivity index (χ0) is 36.9. The predicted molar refractivity (Wildman–Crippen MR) is 204 cm³/mol. The minimum Gasteiger partial charge on any atom is -0.446 e. The summed E-state index contributed by atoms with van der Waals surface area (Å²) in [5, 5.41) is 4.00. The molecule has 0 saturated carbocycles. The number of nitrogens with zero attached hydrogens (tertiary/aromatic N) is 2. The number of H-pyrrole nitrogens is 1. The molecule has 53 heavy (non-hydrogen) atoms. The second-order valence-corrected chi connectivity index (χ2v) is 12.9. The Bertz CT molecular complexity index is 2040. The summed E-state index contributed by atoms with van der Waals surface area (Å²) < 4.78 is 33.7. The van der Waals surface area contributed by atoms with Crippen LogP contribution in [-0.4, -0.2) is 45.4 Å². The van der Waals surface area contributed by atoms with E-state index in [1.807, 2.05) is 109 Å². The first kappa shape index (κ1) is 37.4. The zero-order valence-corrected chi connectivity index (χ0v) is 30.1. The Morgan fingerprint density at radius 1 is 0.849 bits per heavy atom. The second-order valence-electron chi connectivity index (χ2n) is 12.6. The summed E-state index contributed by atoms with van der Waals surface area (Å²) in [6.07, 6.45) is 0.781. The highest BCUT2D eigenvalue weighted by molar-refractivity contribution is 7.79. The third-order valence-corrected chi connectivity index (χ3v) is 8.88. The van der Waals surface area contributed by atoms with Crippen molar-refractivity contribution in [2.75, 3.05) is 6.61 Å². The van der Waals surface area contributed by atoms with Crippen molar-refractivity contribution < 1.29 is 28.5 Å². The molecular weight excluding hydrogens is 695 g/mol. The molecule has 0 radical (unpaired) electrons. The summed E-state index contributed by atoms with van der Waals surface area (Å²) >= 11 is 5.62. The number of benzene rings is 4. The number of oxime groups is 1. The molecule has 4 atom stereocenters. The predicted octanol–water partition coefficient (Wildman–Crippen LogP) is 6.65. The lowest BCUT2D eigenvalue weighted by molar-refractivity contribution is -0.160. The Labute approximate surface area is 312 Å². The molecule has 1 saturated heterocycles. The molecule has 0 aliphatic carbocycles. The highest BCUT2D eigenvalue weighted by Crippen LogP contribution is 2.44. The topological polar surface area (TPSA) is 123 Å². The van der Waals surface area contributed by atoms with Crippen LogP contribution in [0.25, 0.3) is 0 Å². The average molecular weight is 736 g/mol. The van der Waals surface area contributed by atoms with E-state index in [2.05, 4.69) is 10.1 Å². The van der Waals surface area contributed by atoms with Gasteiger partial charge in [0.2, 0.25) is 0 Å². The summed E-state index contributed by atoms with van der Waals surface area (Å²) in [7, 11) is 0. The van der Waals surface area contributed by atoms with E-state index < -0.39 is 35.3 Å². The van der Waals surface area contributed by atoms with E-state index in [4.69, 9.17) is 40.7 Å². The first-order valence-electron chi connectivity index (χ1n) is 17.3. The Morgan fingerprint density at radius 3 is 2.08 bits per heavy atom. The van der Waals surface area contributed by atoms with Gasteiger partial charge in [0.05, 0.1) is 19.8 Å². The van der Waals surface area contributed by atoms with Gasteiger partial charge < -0.3 is 28.5 Å². The van der Waals surface area contributed by atoms with Gasteiger partial charge in [-0.3, -0.25) is 14.3 Å². The maximum absolute atomic E-state index is 13.4. The van der Waals surface area contributed by atoms with Crippen LogP contribution >= 0.6 is 12.2 Å². The highest BCUT2D eigenvalue weighted by Gasteiger charge is 2.58. The van der Waals surface area contributed by atoms with Crippen LogP contribution in [0.1, 0.15) is 41.3 Å². The average Bonchev–Trinajstić information content (AvgIpc) is 3.47. The first-order chi connectivity index (χ1) is 25.9. The van der Waals surface area contributed by atoms with Crippen molar-refractivity contribution >= 4 is 23.7 Å². The minimum atomic E-state index is -1.23.